The summed E-state index contributed by atoms with van der Waals surface area (Å²) in [6, 6.07) is 7.73. The molecule has 0 unspecified atom stereocenters. The van der Waals surface area contributed by atoms with Crippen LogP contribution in [-0.2, 0) is 11.6 Å². The van der Waals surface area contributed by atoms with Crippen LogP contribution in [0.5, 0.6) is 0 Å². The van der Waals surface area contributed by atoms with Gasteiger partial charge in [0.1, 0.15) is 0 Å². The molecule has 0 bridgehead atoms. The lowest BCUT2D eigenvalue weighted by atomic mass is 9.91. The van der Waals surface area contributed by atoms with E-state index >= 15 is 0 Å². The van der Waals surface area contributed by atoms with E-state index in [9.17, 15) is 13.2 Å². The second kappa shape index (κ2) is 4.54. The monoisotopic (exact) mass is 283 g/mol. The summed E-state index contributed by atoms with van der Waals surface area (Å²) in [6.45, 7) is 5.52. The molecule has 2 rings (SSSR count). The van der Waals surface area contributed by atoms with Gasteiger partial charge in [-0.05, 0) is 24.3 Å². The Morgan fingerprint density at radius 1 is 1.10 bits per heavy atom. The zero-order valence-corrected chi connectivity index (χ0v) is 11.5. The van der Waals surface area contributed by atoms with Crippen molar-refractivity contribution in [1.29, 1.82) is 0 Å². The third-order valence-corrected chi connectivity index (χ3v) is 2.88. The molecule has 0 spiro atoms. The summed E-state index contributed by atoms with van der Waals surface area (Å²) in [5.41, 5.74) is 5.79. The maximum atomic E-state index is 12.9. The van der Waals surface area contributed by atoms with E-state index in [2.05, 4.69) is 5.10 Å². The summed E-state index contributed by atoms with van der Waals surface area (Å²) >= 11 is 0. The number of hydrogen-bond acceptors (Lipinski definition) is 2. The number of nitrogens with two attached hydrogens (primary N) is 1. The van der Waals surface area contributed by atoms with Crippen molar-refractivity contribution in [2.75, 3.05) is 5.73 Å². The van der Waals surface area contributed by atoms with Crippen LogP contribution < -0.4 is 5.73 Å². The highest BCUT2D eigenvalue weighted by atomic mass is 19.4. The van der Waals surface area contributed by atoms with Gasteiger partial charge in [0.25, 0.3) is 0 Å². The van der Waals surface area contributed by atoms with Crippen LogP contribution in [0.1, 0.15) is 32.2 Å². The lowest BCUT2D eigenvalue weighted by Crippen LogP contribution is -2.17. The van der Waals surface area contributed by atoms with Crippen LogP contribution in [0.25, 0.3) is 5.69 Å². The average molecular weight is 283 g/mol. The second-order valence-corrected chi connectivity index (χ2v) is 5.67. The molecule has 2 N–H and O–H groups in total. The second-order valence-electron chi connectivity index (χ2n) is 5.67. The molecule has 0 aliphatic heterocycles. The molecule has 0 aliphatic carbocycles. The van der Waals surface area contributed by atoms with Gasteiger partial charge in [0.05, 0.1) is 11.4 Å². The first-order valence-corrected chi connectivity index (χ1v) is 6.13. The minimum atomic E-state index is -4.47. The molecule has 2 aromatic rings. The highest BCUT2D eigenvalue weighted by Crippen LogP contribution is 2.33. The highest BCUT2D eigenvalue weighted by Gasteiger charge is 2.36. The largest absolute Gasteiger partial charge is 0.435 e. The fraction of sp³-hybridized carbons (Fsp3) is 0.357. The number of nitrogens with zero attached hydrogens (tertiary/aromatic N) is 2. The molecule has 6 heteroatoms. The number of benzene rings is 1. The fourth-order valence-electron chi connectivity index (χ4n) is 1.91. The van der Waals surface area contributed by atoms with Crippen molar-refractivity contribution in [2.45, 2.75) is 32.4 Å². The van der Waals surface area contributed by atoms with Crippen LogP contribution >= 0.6 is 0 Å². The molecule has 0 fully saturated rings. The van der Waals surface area contributed by atoms with Crippen molar-refractivity contribution >= 4 is 5.69 Å². The summed E-state index contributed by atoms with van der Waals surface area (Å²) in [7, 11) is 0. The van der Waals surface area contributed by atoms with Gasteiger partial charge in [0.2, 0.25) is 0 Å². The van der Waals surface area contributed by atoms with Gasteiger partial charge in [-0.3, -0.25) is 0 Å². The SMILES string of the molecule is CC(C)(C)c1cc(C(F)(F)F)nn1-c1cccc(N)c1. The molecule has 1 heterocycles. The van der Waals surface area contributed by atoms with Crippen LogP contribution in [-0.4, -0.2) is 9.78 Å². The zero-order chi connectivity index (χ0) is 15.1. The summed E-state index contributed by atoms with van der Waals surface area (Å²) in [6.07, 6.45) is -4.47. The van der Waals surface area contributed by atoms with Gasteiger partial charge >= 0.3 is 6.18 Å². The predicted molar refractivity (Wildman–Crippen MR) is 71.7 cm³/mol. The highest BCUT2D eigenvalue weighted by molar-refractivity contribution is 5.48. The number of anilines is 1. The van der Waals surface area contributed by atoms with E-state index in [0.29, 0.717) is 17.1 Å². The molecule has 20 heavy (non-hydrogen) atoms. The normalized spacial score (nSPS) is 12.7. The maximum absolute atomic E-state index is 12.9. The van der Waals surface area contributed by atoms with Gasteiger partial charge in [-0.25, -0.2) is 4.68 Å². The number of alkyl halides is 3. The zero-order valence-electron chi connectivity index (χ0n) is 11.5. The number of halogens is 3. The third-order valence-electron chi connectivity index (χ3n) is 2.88. The van der Waals surface area contributed by atoms with Crippen molar-refractivity contribution in [3.63, 3.8) is 0 Å². The molecule has 0 saturated heterocycles. The first kappa shape index (κ1) is 14.4. The molecule has 3 nitrogen and oxygen atoms in total. The Morgan fingerprint density at radius 3 is 2.25 bits per heavy atom. The van der Waals surface area contributed by atoms with Crippen molar-refractivity contribution < 1.29 is 13.2 Å². The molecule has 108 valence electrons. The van der Waals surface area contributed by atoms with Gasteiger partial charge in [0, 0.05) is 11.1 Å². The van der Waals surface area contributed by atoms with Crippen molar-refractivity contribution in [1.82, 2.24) is 9.78 Å². The van der Waals surface area contributed by atoms with E-state index in [1.165, 1.54) is 4.68 Å². The van der Waals surface area contributed by atoms with Crippen molar-refractivity contribution in [3.8, 4) is 5.69 Å². The Labute approximate surface area is 115 Å². The molecule has 0 aliphatic rings. The van der Waals surface area contributed by atoms with Crippen LogP contribution in [0.2, 0.25) is 0 Å². The van der Waals surface area contributed by atoms with Gasteiger partial charge in [-0.1, -0.05) is 26.8 Å². The van der Waals surface area contributed by atoms with Crippen LogP contribution in [0.3, 0.4) is 0 Å². The lowest BCUT2D eigenvalue weighted by Gasteiger charge is -2.20. The standard InChI is InChI=1S/C14H16F3N3/c1-13(2,3)12-8-11(14(15,16)17)19-20(12)10-6-4-5-9(18)7-10/h4-8H,18H2,1-3H3. The van der Waals surface area contributed by atoms with Crippen molar-refractivity contribution in [3.05, 3.63) is 41.7 Å². The maximum Gasteiger partial charge on any atom is 0.435 e. The average Bonchev–Trinajstić information content (AvgIpc) is 2.72. The Balaban J connectivity index is 2.65. The van der Waals surface area contributed by atoms with Crippen LogP contribution in [0.4, 0.5) is 18.9 Å². The number of aromatic nitrogens is 2. The molecule has 0 saturated carbocycles. The van der Waals surface area contributed by atoms with E-state index in [4.69, 9.17) is 5.73 Å². The molecule has 0 atom stereocenters. The Morgan fingerprint density at radius 2 is 1.75 bits per heavy atom. The third kappa shape index (κ3) is 2.79. The van der Waals surface area contributed by atoms with Gasteiger partial charge in [-0.15, -0.1) is 0 Å². The minimum absolute atomic E-state index is 0.471. The van der Waals surface area contributed by atoms with E-state index in [1.807, 2.05) is 20.8 Å². The Kier molecular flexibility index (Phi) is 3.28. The molecule has 1 aromatic carbocycles. The van der Waals surface area contributed by atoms with E-state index < -0.39 is 17.3 Å². The van der Waals surface area contributed by atoms with Crippen LogP contribution in [0, 0.1) is 0 Å². The Bertz CT molecular complexity index is 621. The lowest BCUT2D eigenvalue weighted by molar-refractivity contribution is -0.141. The molecule has 0 radical (unpaired) electrons. The first-order valence-electron chi connectivity index (χ1n) is 6.13. The topological polar surface area (TPSA) is 43.8 Å². The van der Waals surface area contributed by atoms with E-state index in [1.54, 1.807) is 24.3 Å². The number of nitrogen functional groups attached to an aromatic ring is 1. The first-order chi connectivity index (χ1) is 9.09. The van der Waals surface area contributed by atoms with Gasteiger partial charge < -0.3 is 5.73 Å². The molecule has 1 aromatic heterocycles. The molecular formula is C14H16F3N3. The van der Waals surface area contributed by atoms with Crippen molar-refractivity contribution in [2.24, 2.45) is 0 Å². The van der Waals surface area contributed by atoms with E-state index in [-0.39, 0.29) is 0 Å². The number of rotatable bonds is 1. The van der Waals surface area contributed by atoms with Gasteiger partial charge in [-0.2, -0.15) is 18.3 Å². The molecular weight excluding hydrogens is 267 g/mol. The smallest absolute Gasteiger partial charge is 0.399 e. The molecule has 0 amide bonds. The fourth-order valence-corrected chi connectivity index (χ4v) is 1.91. The quantitative estimate of drug-likeness (QED) is 0.810. The summed E-state index contributed by atoms with van der Waals surface area (Å²) < 4.78 is 39.9. The predicted octanol–water partition coefficient (Wildman–Crippen LogP) is 3.77. The number of hydrogen-bond donors (Lipinski definition) is 1. The minimum Gasteiger partial charge on any atom is -0.399 e. The summed E-state index contributed by atoms with van der Waals surface area (Å²) in [5, 5.41) is 3.70. The summed E-state index contributed by atoms with van der Waals surface area (Å²) in [5.74, 6) is 0. The van der Waals surface area contributed by atoms with Gasteiger partial charge in [0.15, 0.2) is 5.69 Å². The summed E-state index contributed by atoms with van der Waals surface area (Å²) in [4.78, 5) is 0. The Hall–Kier alpha value is -1.98. The van der Waals surface area contributed by atoms with Crippen LogP contribution in [0.15, 0.2) is 30.3 Å². The van der Waals surface area contributed by atoms with E-state index in [0.717, 1.165) is 6.07 Å².